The fraction of sp³-hybridized carbons (Fsp3) is 0.545. The topological polar surface area (TPSA) is 167 Å². The SMILES string of the molecule is C1COCCN1.CC(C)OCCOc1nn(C2CCCCC2)cc1Nc1ncc(-c2ccc(C#N)c(O[C@@H](C)CN=CN)c2)cn1. The van der Waals surface area contributed by atoms with Crippen molar-refractivity contribution in [3.05, 3.63) is 42.4 Å². The maximum absolute atomic E-state index is 9.51. The molecule has 1 saturated heterocycles. The fourth-order valence-electron chi connectivity index (χ4n) is 5.06. The number of ether oxygens (including phenoxy) is 4. The molecule has 2 fully saturated rings. The molecule has 13 heteroatoms. The Kier molecular flexibility index (Phi) is 14.0. The Morgan fingerprint density at radius 2 is 1.89 bits per heavy atom. The monoisotopic (exact) mass is 633 g/mol. The molecule has 3 aromatic rings. The number of nitrogens with one attached hydrogen (secondary N) is 2. The maximum atomic E-state index is 9.51. The molecule has 248 valence electrons. The molecule has 3 heterocycles. The molecule has 1 atom stereocenters. The van der Waals surface area contributed by atoms with Gasteiger partial charge in [0.2, 0.25) is 5.95 Å². The standard InChI is InChI=1S/C29H38N8O3.C4H9NO/c1-20(2)38-11-12-39-28-26(18-37(36-28)25-7-5-4-6-8-25)35-29-33-16-24(17-34-29)22-9-10-23(14-30)27(13-22)40-21(3)15-32-19-31;1-3-6-4-2-5-1/h9-10,13,16-21,25H,4-8,11-12,15H2,1-3H3,(H2,31,32)(H,33,34,35);5H,1-4H2/t21-;/m0./s1. The minimum atomic E-state index is -0.243. The molecule has 2 aliphatic rings. The number of benzene rings is 1. The van der Waals surface area contributed by atoms with Crippen LogP contribution in [0.3, 0.4) is 0 Å². The summed E-state index contributed by atoms with van der Waals surface area (Å²) in [5, 5.41) is 20.7. The number of hydrogen-bond acceptors (Lipinski definition) is 11. The van der Waals surface area contributed by atoms with Crippen LogP contribution in [-0.4, -0.2) is 84.4 Å². The van der Waals surface area contributed by atoms with E-state index < -0.39 is 0 Å². The van der Waals surface area contributed by atoms with Crippen molar-refractivity contribution in [2.24, 2.45) is 10.7 Å². The van der Waals surface area contributed by atoms with E-state index in [2.05, 4.69) is 31.7 Å². The van der Waals surface area contributed by atoms with Gasteiger partial charge in [0.05, 0.1) is 56.6 Å². The second-order valence-electron chi connectivity index (χ2n) is 11.4. The summed E-state index contributed by atoms with van der Waals surface area (Å²) in [6.07, 6.45) is 12.5. The molecule has 0 spiro atoms. The summed E-state index contributed by atoms with van der Waals surface area (Å²) >= 11 is 0. The van der Waals surface area contributed by atoms with Crippen LogP contribution in [-0.2, 0) is 9.47 Å². The Labute approximate surface area is 271 Å². The lowest BCUT2D eigenvalue weighted by Crippen LogP contribution is -2.30. The number of nitrogens with zero attached hydrogens (tertiary/aromatic N) is 6. The van der Waals surface area contributed by atoms with Crippen LogP contribution in [0.4, 0.5) is 11.6 Å². The van der Waals surface area contributed by atoms with Gasteiger partial charge in [-0.1, -0.05) is 25.3 Å². The number of anilines is 2. The molecule has 1 aromatic carbocycles. The van der Waals surface area contributed by atoms with Crippen LogP contribution in [0.1, 0.15) is 64.5 Å². The van der Waals surface area contributed by atoms with Crippen LogP contribution in [0.15, 0.2) is 41.8 Å². The van der Waals surface area contributed by atoms with E-state index in [1.54, 1.807) is 18.5 Å². The molecule has 0 unspecified atom stereocenters. The number of aliphatic imine (C=N–C) groups is 1. The molecule has 4 N–H and O–H groups in total. The molecule has 5 rings (SSSR count). The van der Waals surface area contributed by atoms with Crippen LogP contribution in [0.25, 0.3) is 11.1 Å². The van der Waals surface area contributed by atoms with Gasteiger partial charge in [0.15, 0.2) is 0 Å². The van der Waals surface area contributed by atoms with Gasteiger partial charge in [0.1, 0.15) is 30.2 Å². The zero-order valence-electron chi connectivity index (χ0n) is 27.2. The summed E-state index contributed by atoms with van der Waals surface area (Å²) < 4.78 is 24.6. The third kappa shape index (κ3) is 11.0. The molecule has 0 radical (unpaired) electrons. The molecular weight excluding hydrogens is 586 g/mol. The Morgan fingerprint density at radius 1 is 1.13 bits per heavy atom. The molecule has 1 aliphatic carbocycles. The number of hydrogen-bond donors (Lipinski definition) is 3. The normalized spacial score (nSPS) is 16.0. The van der Waals surface area contributed by atoms with Gasteiger partial charge in [-0.15, -0.1) is 5.10 Å². The van der Waals surface area contributed by atoms with Crippen molar-refractivity contribution in [3.8, 4) is 28.8 Å². The quantitative estimate of drug-likeness (QED) is 0.136. The number of nitrogens with two attached hydrogens (primary N) is 1. The zero-order valence-corrected chi connectivity index (χ0v) is 27.2. The van der Waals surface area contributed by atoms with E-state index in [9.17, 15) is 5.26 Å². The third-order valence-corrected chi connectivity index (χ3v) is 7.40. The first-order valence-electron chi connectivity index (χ1n) is 16.1. The van der Waals surface area contributed by atoms with E-state index in [0.717, 1.165) is 50.3 Å². The van der Waals surface area contributed by atoms with Gasteiger partial charge >= 0.3 is 0 Å². The Balaban J connectivity index is 0.000000717. The minimum absolute atomic E-state index is 0.139. The number of aromatic nitrogens is 4. The summed E-state index contributed by atoms with van der Waals surface area (Å²) in [5.41, 5.74) is 8.10. The van der Waals surface area contributed by atoms with Crippen molar-refractivity contribution in [2.45, 2.75) is 71.1 Å². The van der Waals surface area contributed by atoms with Gasteiger partial charge in [-0.3, -0.25) is 9.67 Å². The lowest BCUT2D eigenvalue weighted by Gasteiger charge is -2.21. The zero-order chi connectivity index (χ0) is 32.6. The second-order valence-corrected chi connectivity index (χ2v) is 11.4. The molecule has 1 saturated carbocycles. The number of morpholine rings is 1. The number of nitriles is 1. The first-order chi connectivity index (χ1) is 22.5. The van der Waals surface area contributed by atoms with Crippen molar-refractivity contribution in [1.82, 2.24) is 25.1 Å². The van der Waals surface area contributed by atoms with E-state index in [1.165, 1.54) is 25.6 Å². The molecule has 0 bridgehead atoms. The summed E-state index contributed by atoms with van der Waals surface area (Å²) in [5.74, 6) is 1.40. The van der Waals surface area contributed by atoms with Crippen molar-refractivity contribution in [3.63, 3.8) is 0 Å². The summed E-state index contributed by atoms with van der Waals surface area (Å²) in [7, 11) is 0. The smallest absolute Gasteiger partial charge is 0.257 e. The fourth-order valence-corrected chi connectivity index (χ4v) is 5.06. The Hall–Kier alpha value is -4.25. The van der Waals surface area contributed by atoms with Gasteiger partial charge < -0.3 is 35.3 Å². The van der Waals surface area contributed by atoms with Crippen LogP contribution < -0.4 is 25.8 Å². The average molecular weight is 634 g/mol. The largest absolute Gasteiger partial charge is 0.487 e. The van der Waals surface area contributed by atoms with Crippen LogP contribution in [0.2, 0.25) is 0 Å². The maximum Gasteiger partial charge on any atom is 0.257 e. The van der Waals surface area contributed by atoms with Crippen molar-refractivity contribution in [1.29, 1.82) is 5.26 Å². The number of rotatable bonds is 13. The summed E-state index contributed by atoms with van der Waals surface area (Å²) in [6, 6.07) is 7.91. The van der Waals surface area contributed by atoms with Gasteiger partial charge in [0.25, 0.3) is 5.88 Å². The van der Waals surface area contributed by atoms with Gasteiger partial charge in [0, 0.05) is 31.0 Å². The van der Waals surface area contributed by atoms with E-state index in [1.807, 2.05) is 43.8 Å². The molecule has 2 aromatic heterocycles. The predicted octanol–water partition coefficient (Wildman–Crippen LogP) is 4.62. The third-order valence-electron chi connectivity index (χ3n) is 7.40. The van der Waals surface area contributed by atoms with Crippen molar-refractivity contribution < 1.29 is 18.9 Å². The van der Waals surface area contributed by atoms with Crippen LogP contribution >= 0.6 is 0 Å². The minimum Gasteiger partial charge on any atom is -0.487 e. The first-order valence-corrected chi connectivity index (χ1v) is 16.1. The van der Waals surface area contributed by atoms with Gasteiger partial charge in [-0.05, 0) is 51.3 Å². The van der Waals surface area contributed by atoms with E-state index in [-0.39, 0.29) is 12.2 Å². The lowest BCUT2D eigenvalue weighted by atomic mass is 9.96. The first kappa shape index (κ1) is 34.6. The average Bonchev–Trinajstić information content (AvgIpc) is 3.49. The Morgan fingerprint density at radius 3 is 2.52 bits per heavy atom. The molecular formula is C33H47N9O4. The molecule has 13 nitrogen and oxygen atoms in total. The highest BCUT2D eigenvalue weighted by Gasteiger charge is 2.20. The molecule has 1 aliphatic heterocycles. The van der Waals surface area contributed by atoms with E-state index >= 15 is 0 Å². The van der Waals surface area contributed by atoms with Crippen molar-refractivity contribution in [2.75, 3.05) is 51.4 Å². The predicted molar refractivity (Wildman–Crippen MR) is 178 cm³/mol. The lowest BCUT2D eigenvalue weighted by molar-refractivity contribution is 0.0541. The second kappa shape index (κ2) is 18.7. The van der Waals surface area contributed by atoms with Gasteiger partial charge in [-0.2, -0.15) is 5.26 Å². The highest BCUT2D eigenvalue weighted by Crippen LogP contribution is 2.33. The Bertz CT molecular complexity index is 1380. The highest BCUT2D eigenvalue weighted by molar-refractivity contribution is 5.67. The van der Waals surface area contributed by atoms with Crippen LogP contribution in [0, 0.1) is 11.3 Å². The summed E-state index contributed by atoms with van der Waals surface area (Å²) in [6.45, 7) is 11.0. The highest BCUT2D eigenvalue weighted by atomic mass is 16.5. The van der Waals surface area contributed by atoms with E-state index in [0.29, 0.717) is 54.6 Å². The van der Waals surface area contributed by atoms with E-state index in [4.69, 9.17) is 29.8 Å². The van der Waals surface area contributed by atoms with Crippen LogP contribution in [0.5, 0.6) is 11.6 Å². The molecule has 46 heavy (non-hydrogen) atoms. The summed E-state index contributed by atoms with van der Waals surface area (Å²) in [4.78, 5) is 13.1. The van der Waals surface area contributed by atoms with Gasteiger partial charge in [-0.25, -0.2) is 9.97 Å². The molecule has 0 amide bonds. The van der Waals surface area contributed by atoms with Crippen molar-refractivity contribution >= 4 is 18.0 Å².